The lowest BCUT2D eigenvalue weighted by Crippen LogP contribution is -2.28. The molecule has 0 atom stereocenters. The topological polar surface area (TPSA) is 91.4 Å². The fourth-order valence-electron chi connectivity index (χ4n) is 1.78. The van der Waals surface area contributed by atoms with Crippen LogP contribution in [0.5, 0.6) is 5.75 Å². The Labute approximate surface area is 116 Å². The molecule has 0 saturated carbocycles. The van der Waals surface area contributed by atoms with Crippen LogP contribution in [0.1, 0.15) is 5.56 Å². The summed E-state index contributed by atoms with van der Waals surface area (Å²) in [5.41, 5.74) is 0.213. The Morgan fingerprint density at radius 2 is 1.85 bits per heavy atom. The number of hydrogen-bond acceptors (Lipinski definition) is 4. The van der Waals surface area contributed by atoms with Gasteiger partial charge in [0.05, 0.1) is 13.7 Å². The number of rotatable bonds is 4. The van der Waals surface area contributed by atoms with Crippen molar-refractivity contribution in [2.45, 2.75) is 11.4 Å². The van der Waals surface area contributed by atoms with Gasteiger partial charge in [0.2, 0.25) is 10.0 Å². The molecular formula is C13H14N2O4S. The summed E-state index contributed by atoms with van der Waals surface area (Å²) < 4.78 is 28.9. The van der Waals surface area contributed by atoms with Gasteiger partial charge >= 0.3 is 0 Å². The van der Waals surface area contributed by atoms with Crippen molar-refractivity contribution < 1.29 is 13.2 Å². The third-order valence-electron chi connectivity index (χ3n) is 2.80. The van der Waals surface area contributed by atoms with Crippen molar-refractivity contribution in [3.05, 3.63) is 58.5 Å². The minimum absolute atomic E-state index is 0.256. The van der Waals surface area contributed by atoms with E-state index in [1.165, 1.54) is 22.9 Å². The summed E-state index contributed by atoms with van der Waals surface area (Å²) in [5, 5.41) is 5.00. The first-order valence-electron chi connectivity index (χ1n) is 5.77. The van der Waals surface area contributed by atoms with Gasteiger partial charge in [0.25, 0.3) is 5.56 Å². The Morgan fingerprint density at radius 3 is 2.40 bits per heavy atom. The Bertz CT molecular complexity index is 764. The molecule has 0 aliphatic rings. The van der Waals surface area contributed by atoms with Gasteiger partial charge in [-0.25, -0.2) is 13.6 Å². The number of benzene rings is 1. The summed E-state index contributed by atoms with van der Waals surface area (Å²) in [7, 11) is -2.45. The van der Waals surface area contributed by atoms with Gasteiger partial charge in [-0.15, -0.1) is 0 Å². The van der Waals surface area contributed by atoms with E-state index < -0.39 is 20.5 Å². The number of aromatic nitrogens is 1. The molecule has 0 radical (unpaired) electrons. The van der Waals surface area contributed by atoms with Gasteiger partial charge in [0.1, 0.15) is 10.6 Å². The van der Waals surface area contributed by atoms with Crippen molar-refractivity contribution in [2.24, 2.45) is 5.14 Å². The number of sulfonamides is 1. The van der Waals surface area contributed by atoms with Crippen LogP contribution in [-0.2, 0) is 16.6 Å². The summed E-state index contributed by atoms with van der Waals surface area (Å²) in [6.07, 6.45) is 1.52. The van der Waals surface area contributed by atoms with E-state index in [0.29, 0.717) is 5.75 Å². The molecule has 0 amide bonds. The minimum atomic E-state index is -4.01. The zero-order valence-electron chi connectivity index (χ0n) is 10.8. The van der Waals surface area contributed by atoms with Crippen LogP contribution in [-0.4, -0.2) is 20.1 Å². The highest BCUT2D eigenvalue weighted by Gasteiger charge is 2.14. The van der Waals surface area contributed by atoms with Crippen LogP contribution in [0.2, 0.25) is 0 Å². The van der Waals surface area contributed by atoms with Crippen LogP contribution in [0.3, 0.4) is 0 Å². The second-order valence-corrected chi connectivity index (χ2v) is 5.73. The minimum Gasteiger partial charge on any atom is -0.497 e. The zero-order chi connectivity index (χ0) is 14.8. The van der Waals surface area contributed by atoms with Crippen molar-refractivity contribution in [1.82, 2.24) is 4.57 Å². The van der Waals surface area contributed by atoms with E-state index >= 15 is 0 Å². The molecule has 6 nitrogen and oxygen atoms in total. The quantitative estimate of drug-likeness (QED) is 0.891. The first kappa shape index (κ1) is 14.3. The van der Waals surface area contributed by atoms with Crippen molar-refractivity contribution >= 4 is 10.0 Å². The number of nitrogens with two attached hydrogens (primary N) is 1. The summed E-state index contributed by atoms with van der Waals surface area (Å²) >= 11 is 0. The maximum absolute atomic E-state index is 12.0. The number of primary sulfonamides is 1. The molecule has 0 aliphatic carbocycles. The van der Waals surface area contributed by atoms with Crippen LogP contribution in [0.15, 0.2) is 52.3 Å². The van der Waals surface area contributed by atoms with Gasteiger partial charge < -0.3 is 9.30 Å². The van der Waals surface area contributed by atoms with Crippen LogP contribution in [0.25, 0.3) is 0 Å². The predicted molar refractivity (Wildman–Crippen MR) is 74.2 cm³/mol. The van der Waals surface area contributed by atoms with E-state index in [4.69, 9.17) is 9.88 Å². The molecule has 0 aliphatic heterocycles. The Balaban J connectivity index is 2.37. The van der Waals surface area contributed by atoms with E-state index in [1.54, 1.807) is 31.4 Å². The molecule has 106 valence electrons. The SMILES string of the molecule is COc1ccc(Cn2cccc(S(N)(=O)=O)c2=O)cc1. The van der Waals surface area contributed by atoms with E-state index in [9.17, 15) is 13.2 Å². The summed E-state index contributed by atoms with van der Waals surface area (Å²) in [6, 6.07) is 9.81. The average molecular weight is 294 g/mol. The molecule has 0 saturated heterocycles. The third-order valence-corrected chi connectivity index (χ3v) is 3.73. The lowest BCUT2D eigenvalue weighted by Gasteiger charge is -2.08. The average Bonchev–Trinajstić information content (AvgIpc) is 2.40. The Morgan fingerprint density at radius 1 is 1.20 bits per heavy atom. The van der Waals surface area contributed by atoms with Gasteiger partial charge in [-0.05, 0) is 29.8 Å². The lowest BCUT2D eigenvalue weighted by molar-refractivity contribution is 0.414. The number of methoxy groups -OCH3 is 1. The van der Waals surface area contributed by atoms with Crippen molar-refractivity contribution in [3.8, 4) is 5.75 Å². The molecule has 1 aromatic heterocycles. The van der Waals surface area contributed by atoms with E-state index in [2.05, 4.69) is 0 Å². The summed E-state index contributed by atoms with van der Waals surface area (Å²) in [4.78, 5) is 11.6. The number of hydrogen-bond donors (Lipinski definition) is 1. The number of pyridine rings is 1. The van der Waals surface area contributed by atoms with Crippen molar-refractivity contribution in [3.63, 3.8) is 0 Å². The van der Waals surface area contributed by atoms with E-state index in [1.807, 2.05) is 0 Å². The van der Waals surface area contributed by atoms with Gasteiger partial charge in [0, 0.05) is 6.20 Å². The smallest absolute Gasteiger partial charge is 0.271 e. The fourth-order valence-corrected chi connectivity index (χ4v) is 2.41. The van der Waals surface area contributed by atoms with Gasteiger partial charge in [-0.2, -0.15) is 0 Å². The first-order valence-corrected chi connectivity index (χ1v) is 7.31. The molecule has 1 aromatic carbocycles. The molecule has 2 rings (SSSR count). The largest absolute Gasteiger partial charge is 0.497 e. The molecule has 0 fully saturated rings. The predicted octanol–water partition coefficient (Wildman–Crippen LogP) is 0.553. The molecule has 2 N–H and O–H groups in total. The maximum atomic E-state index is 12.0. The van der Waals surface area contributed by atoms with Crippen LogP contribution < -0.4 is 15.4 Å². The van der Waals surface area contributed by atoms with Gasteiger partial charge in [-0.3, -0.25) is 4.79 Å². The van der Waals surface area contributed by atoms with Crippen LogP contribution in [0.4, 0.5) is 0 Å². The van der Waals surface area contributed by atoms with Crippen LogP contribution in [0, 0.1) is 0 Å². The molecule has 7 heteroatoms. The highest BCUT2D eigenvalue weighted by atomic mass is 32.2. The van der Waals surface area contributed by atoms with Gasteiger partial charge in [-0.1, -0.05) is 12.1 Å². The molecule has 1 heterocycles. The zero-order valence-corrected chi connectivity index (χ0v) is 11.6. The fraction of sp³-hybridized carbons (Fsp3) is 0.154. The Hall–Kier alpha value is -2.12. The molecule has 2 aromatic rings. The molecular weight excluding hydrogens is 280 g/mol. The highest BCUT2D eigenvalue weighted by Crippen LogP contribution is 2.12. The summed E-state index contributed by atoms with van der Waals surface area (Å²) in [6.45, 7) is 0.256. The standard InChI is InChI=1S/C13H14N2O4S/c1-19-11-6-4-10(5-7-11)9-15-8-2-3-12(13(15)16)20(14,17)18/h2-8H,9H2,1H3,(H2,14,17,18). The summed E-state index contributed by atoms with van der Waals surface area (Å²) in [5.74, 6) is 0.708. The first-order chi connectivity index (χ1) is 9.41. The second-order valence-electron chi connectivity index (χ2n) is 4.20. The van der Waals surface area contributed by atoms with Crippen molar-refractivity contribution in [2.75, 3.05) is 7.11 Å². The Kier molecular flexibility index (Phi) is 3.91. The van der Waals surface area contributed by atoms with E-state index in [-0.39, 0.29) is 6.54 Å². The monoisotopic (exact) mass is 294 g/mol. The number of ether oxygens (including phenoxy) is 1. The molecule has 0 bridgehead atoms. The van der Waals surface area contributed by atoms with Crippen molar-refractivity contribution in [1.29, 1.82) is 0 Å². The normalized spacial score (nSPS) is 11.3. The second kappa shape index (κ2) is 5.48. The number of nitrogens with zero attached hydrogens (tertiary/aromatic N) is 1. The maximum Gasteiger partial charge on any atom is 0.271 e. The molecule has 20 heavy (non-hydrogen) atoms. The lowest BCUT2D eigenvalue weighted by atomic mass is 10.2. The molecule has 0 spiro atoms. The van der Waals surface area contributed by atoms with Gasteiger partial charge in [0.15, 0.2) is 0 Å². The highest BCUT2D eigenvalue weighted by molar-refractivity contribution is 7.89. The molecule has 0 unspecified atom stereocenters. The van der Waals surface area contributed by atoms with Crippen LogP contribution >= 0.6 is 0 Å². The van der Waals surface area contributed by atoms with E-state index in [0.717, 1.165) is 5.56 Å². The third kappa shape index (κ3) is 3.06.